The summed E-state index contributed by atoms with van der Waals surface area (Å²) in [5.74, 6) is 10.4. The van der Waals surface area contributed by atoms with Crippen molar-refractivity contribution in [3.63, 3.8) is 0 Å². The van der Waals surface area contributed by atoms with Crippen molar-refractivity contribution in [2.75, 3.05) is 6.61 Å². The van der Waals surface area contributed by atoms with E-state index in [0.717, 1.165) is 19.3 Å². The van der Waals surface area contributed by atoms with Crippen LogP contribution in [0.1, 0.15) is 32.1 Å². The van der Waals surface area contributed by atoms with Crippen molar-refractivity contribution in [3.05, 3.63) is 37.0 Å². The smallest absolute Gasteiger partial charge is 0.134 e. The van der Waals surface area contributed by atoms with Gasteiger partial charge < -0.3 is 10.2 Å². The summed E-state index contributed by atoms with van der Waals surface area (Å²) in [7, 11) is 0. The van der Waals surface area contributed by atoms with Crippen molar-refractivity contribution in [2.45, 2.75) is 38.2 Å². The summed E-state index contributed by atoms with van der Waals surface area (Å²) in [6, 6.07) is 0. The molecule has 0 aromatic carbocycles. The Balaban J connectivity index is 3.74. The summed E-state index contributed by atoms with van der Waals surface area (Å²) < 4.78 is 0. The topological polar surface area (TPSA) is 40.5 Å². The number of hydrogen-bond acceptors (Lipinski definition) is 2. The molecule has 0 fully saturated rings. The Labute approximate surface area is 116 Å². The van der Waals surface area contributed by atoms with Gasteiger partial charge in [-0.05, 0) is 49.7 Å². The summed E-state index contributed by atoms with van der Waals surface area (Å²) in [5, 5.41) is 17.9. The lowest BCUT2D eigenvalue weighted by Gasteiger charge is -1.95. The van der Waals surface area contributed by atoms with Crippen molar-refractivity contribution in [1.82, 2.24) is 0 Å². The van der Waals surface area contributed by atoms with Crippen LogP contribution in [-0.2, 0) is 0 Å². The number of unbranched alkanes of at least 4 members (excludes halogenated alkanes) is 4. The quantitative estimate of drug-likeness (QED) is 0.399. The molecule has 0 spiro atoms. The molecule has 2 nitrogen and oxygen atoms in total. The van der Waals surface area contributed by atoms with Crippen LogP contribution in [0.4, 0.5) is 0 Å². The maximum Gasteiger partial charge on any atom is 0.134 e. The summed E-state index contributed by atoms with van der Waals surface area (Å²) >= 11 is 0. The summed E-state index contributed by atoms with van der Waals surface area (Å²) in [6.07, 6.45) is 13.4. The van der Waals surface area contributed by atoms with Gasteiger partial charge in [-0.25, -0.2) is 0 Å². The molecule has 19 heavy (non-hydrogen) atoms. The molecule has 0 radical (unpaired) electrons. The van der Waals surface area contributed by atoms with Gasteiger partial charge in [0, 0.05) is 0 Å². The first-order chi connectivity index (χ1) is 9.31. The maximum absolute atomic E-state index is 9.49. The minimum absolute atomic E-state index is 0.0275. The maximum atomic E-state index is 9.49. The van der Waals surface area contributed by atoms with Crippen LogP contribution in [0.15, 0.2) is 37.0 Å². The molecule has 0 aromatic heterocycles. The van der Waals surface area contributed by atoms with Crippen molar-refractivity contribution in [1.29, 1.82) is 0 Å². The molecule has 0 aliphatic carbocycles. The molecular weight excluding hydrogens is 236 g/mol. The second-order valence-electron chi connectivity index (χ2n) is 3.92. The predicted molar refractivity (Wildman–Crippen MR) is 80.2 cm³/mol. The third kappa shape index (κ3) is 14.2. The van der Waals surface area contributed by atoms with Gasteiger partial charge in [-0.15, -0.1) is 6.58 Å². The average Bonchev–Trinajstić information content (AvgIpc) is 2.41. The lowest BCUT2D eigenvalue weighted by molar-refractivity contribution is 0.280. The SMILES string of the molecule is C=CCCCCC/C=C\C(O)C#CC#C/C=C/CO. The molecule has 0 aliphatic rings. The molecule has 0 heterocycles. The number of allylic oxidation sites excluding steroid dienone is 3. The third-order valence-corrected chi connectivity index (χ3v) is 2.26. The zero-order valence-electron chi connectivity index (χ0n) is 11.3. The summed E-state index contributed by atoms with van der Waals surface area (Å²) in [5.41, 5.74) is 0. The summed E-state index contributed by atoms with van der Waals surface area (Å²) in [4.78, 5) is 0. The fourth-order valence-electron chi connectivity index (χ4n) is 1.30. The van der Waals surface area contributed by atoms with Gasteiger partial charge in [0.05, 0.1) is 6.61 Å². The van der Waals surface area contributed by atoms with E-state index in [2.05, 4.69) is 30.3 Å². The highest BCUT2D eigenvalue weighted by Crippen LogP contribution is 2.04. The van der Waals surface area contributed by atoms with Crippen LogP contribution >= 0.6 is 0 Å². The predicted octanol–water partition coefficient (Wildman–Crippen LogP) is 2.60. The monoisotopic (exact) mass is 258 g/mol. The molecule has 1 unspecified atom stereocenters. The number of aliphatic hydroxyl groups is 2. The van der Waals surface area contributed by atoms with Crippen LogP contribution in [0, 0.1) is 23.7 Å². The standard InChI is InChI=1S/C17H22O2/c1-2-3-4-5-6-8-11-14-17(19)15-12-9-7-10-13-16-18/h2,10-11,13-14,17-19H,1,3-6,8,16H2/b13-10+,14-11-. The van der Waals surface area contributed by atoms with Crippen LogP contribution in [-0.4, -0.2) is 22.9 Å². The molecule has 2 N–H and O–H groups in total. The molecule has 102 valence electrons. The van der Waals surface area contributed by atoms with Crippen molar-refractivity contribution in [3.8, 4) is 23.7 Å². The fourth-order valence-corrected chi connectivity index (χ4v) is 1.30. The van der Waals surface area contributed by atoms with Crippen LogP contribution in [0.3, 0.4) is 0 Å². The van der Waals surface area contributed by atoms with Gasteiger partial charge in [-0.2, -0.15) is 0 Å². The molecule has 1 atom stereocenters. The van der Waals surface area contributed by atoms with Gasteiger partial charge in [0.2, 0.25) is 0 Å². The van der Waals surface area contributed by atoms with E-state index in [-0.39, 0.29) is 6.61 Å². The molecule has 0 rings (SSSR count). The Morgan fingerprint density at radius 2 is 1.84 bits per heavy atom. The van der Waals surface area contributed by atoms with E-state index in [1.54, 1.807) is 6.08 Å². The largest absolute Gasteiger partial charge is 0.392 e. The number of hydrogen-bond donors (Lipinski definition) is 2. The first kappa shape index (κ1) is 17.3. The minimum Gasteiger partial charge on any atom is -0.392 e. The number of aliphatic hydroxyl groups excluding tert-OH is 2. The highest BCUT2D eigenvalue weighted by molar-refractivity contribution is 5.32. The highest BCUT2D eigenvalue weighted by atomic mass is 16.3. The van der Waals surface area contributed by atoms with Crippen molar-refractivity contribution >= 4 is 0 Å². The van der Waals surface area contributed by atoms with Gasteiger partial charge in [-0.3, -0.25) is 0 Å². The Bertz CT molecular complexity index is 396. The Kier molecular flexibility index (Phi) is 13.0. The molecule has 2 heteroatoms. The van der Waals surface area contributed by atoms with E-state index in [1.165, 1.54) is 25.0 Å². The Morgan fingerprint density at radius 3 is 2.58 bits per heavy atom. The van der Waals surface area contributed by atoms with Gasteiger partial charge in [0.25, 0.3) is 0 Å². The van der Waals surface area contributed by atoms with Gasteiger partial charge in [-0.1, -0.05) is 36.5 Å². The highest BCUT2D eigenvalue weighted by Gasteiger charge is 1.90. The molecular formula is C17H22O2. The van der Waals surface area contributed by atoms with Crippen molar-refractivity contribution in [2.24, 2.45) is 0 Å². The molecule has 0 amide bonds. The third-order valence-electron chi connectivity index (χ3n) is 2.26. The second kappa shape index (κ2) is 14.3. The van der Waals surface area contributed by atoms with Gasteiger partial charge >= 0.3 is 0 Å². The van der Waals surface area contributed by atoms with Crippen LogP contribution in [0.25, 0.3) is 0 Å². The van der Waals surface area contributed by atoms with Crippen LogP contribution < -0.4 is 0 Å². The van der Waals surface area contributed by atoms with E-state index in [9.17, 15) is 5.11 Å². The zero-order valence-corrected chi connectivity index (χ0v) is 11.3. The minimum atomic E-state index is -0.760. The normalized spacial score (nSPS) is 11.7. The van der Waals surface area contributed by atoms with E-state index in [4.69, 9.17) is 5.11 Å². The number of rotatable bonds is 8. The first-order valence-electron chi connectivity index (χ1n) is 6.53. The first-order valence-corrected chi connectivity index (χ1v) is 6.53. The van der Waals surface area contributed by atoms with E-state index < -0.39 is 6.10 Å². The molecule has 0 bridgehead atoms. The van der Waals surface area contributed by atoms with Crippen molar-refractivity contribution < 1.29 is 10.2 Å². The Hall–Kier alpha value is -1.74. The lowest BCUT2D eigenvalue weighted by Crippen LogP contribution is -1.96. The zero-order chi connectivity index (χ0) is 14.2. The Morgan fingerprint density at radius 1 is 1.05 bits per heavy atom. The lowest BCUT2D eigenvalue weighted by atomic mass is 10.1. The molecule has 0 saturated heterocycles. The van der Waals surface area contributed by atoms with E-state index in [1.807, 2.05) is 12.2 Å². The van der Waals surface area contributed by atoms with Crippen LogP contribution in [0.2, 0.25) is 0 Å². The van der Waals surface area contributed by atoms with E-state index >= 15 is 0 Å². The van der Waals surface area contributed by atoms with E-state index in [0.29, 0.717) is 0 Å². The summed E-state index contributed by atoms with van der Waals surface area (Å²) in [6.45, 7) is 3.65. The van der Waals surface area contributed by atoms with Gasteiger partial charge in [0.1, 0.15) is 6.10 Å². The molecule has 0 aromatic rings. The fraction of sp³-hybridized carbons (Fsp3) is 0.412. The molecule has 0 saturated carbocycles. The molecule has 0 aliphatic heterocycles. The average molecular weight is 258 g/mol. The van der Waals surface area contributed by atoms with Gasteiger partial charge in [0.15, 0.2) is 0 Å². The van der Waals surface area contributed by atoms with Crippen LogP contribution in [0.5, 0.6) is 0 Å². The second-order valence-corrected chi connectivity index (χ2v) is 3.92.